The number of hydrogen-bond acceptors (Lipinski definition) is 3. The lowest BCUT2D eigenvalue weighted by atomic mass is 10.2. The van der Waals surface area contributed by atoms with E-state index in [2.05, 4.69) is 24.4 Å². The molecule has 3 heteroatoms. The SMILES string of the molecule is CCOCCCNCC(C)OCc1ccccc1. The van der Waals surface area contributed by atoms with Crippen molar-refractivity contribution in [2.24, 2.45) is 0 Å². The van der Waals surface area contributed by atoms with E-state index in [1.54, 1.807) is 0 Å². The number of rotatable bonds is 10. The van der Waals surface area contributed by atoms with E-state index in [0.29, 0.717) is 6.61 Å². The standard InChI is InChI=1S/C15H25NO2/c1-3-17-11-7-10-16-12-14(2)18-13-15-8-5-4-6-9-15/h4-6,8-9,14,16H,3,7,10-13H2,1-2H3. The zero-order valence-corrected chi connectivity index (χ0v) is 11.5. The number of ether oxygens (including phenoxy) is 2. The van der Waals surface area contributed by atoms with Crippen molar-refractivity contribution >= 4 is 0 Å². The Balaban J connectivity index is 1.99. The quantitative estimate of drug-likeness (QED) is 0.648. The van der Waals surface area contributed by atoms with Crippen LogP contribution in [0.1, 0.15) is 25.8 Å². The molecule has 1 rings (SSSR count). The number of nitrogens with one attached hydrogen (secondary N) is 1. The zero-order chi connectivity index (χ0) is 13.1. The van der Waals surface area contributed by atoms with Gasteiger partial charge in [-0.1, -0.05) is 30.3 Å². The van der Waals surface area contributed by atoms with Gasteiger partial charge in [0, 0.05) is 19.8 Å². The van der Waals surface area contributed by atoms with Crippen LogP contribution in [0.25, 0.3) is 0 Å². The largest absolute Gasteiger partial charge is 0.382 e. The predicted octanol–water partition coefficient (Wildman–Crippen LogP) is 2.61. The summed E-state index contributed by atoms with van der Waals surface area (Å²) >= 11 is 0. The molecule has 0 aliphatic carbocycles. The highest BCUT2D eigenvalue weighted by atomic mass is 16.5. The second-order valence-electron chi connectivity index (χ2n) is 4.36. The third-order valence-electron chi connectivity index (χ3n) is 2.66. The minimum atomic E-state index is 0.234. The number of benzene rings is 1. The molecule has 1 aromatic rings. The summed E-state index contributed by atoms with van der Waals surface area (Å²) in [6, 6.07) is 10.3. The lowest BCUT2D eigenvalue weighted by Crippen LogP contribution is -2.28. The van der Waals surface area contributed by atoms with Gasteiger partial charge in [-0.25, -0.2) is 0 Å². The molecule has 1 unspecified atom stereocenters. The topological polar surface area (TPSA) is 30.5 Å². The molecular formula is C15H25NO2. The molecule has 0 saturated carbocycles. The maximum absolute atomic E-state index is 5.76. The van der Waals surface area contributed by atoms with Gasteiger partial charge in [0.05, 0.1) is 12.7 Å². The van der Waals surface area contributed by atoms with E-state index in [1.807, 2.05) is 25.1 Å². The Morgan fingerprint density at radius 2 is 2.00 bits per heavy atom. The van der Waals surface area contributed by atoms with Crippen molar-refractivity contribution in [1.29, 1.82) is 0 Å². The minimum absolute atomic E-state index is 0.234. The second kappa shape index (κ2) is 10.1. The first-order valence-electron chi connectivity index (χ1n) is 6.77. The normalized spacial score (nSPS) is 12.6. The summed E-state index contributed by atoms with van der Waals surface area (Å²) in [7, 11) is 0. The molecule has 18 heavy (non-hydrogen) atoms. The van der Waals surface area contributed by atoms with Crippen molar-refractivity contribution < 1.29 is 9.47 Å². The van der Waals surface area contributed by atoms with E-state index >= 15 is 0 Å². The maximum Gasteiger partial charge on any atom is 0.0721 e. The molecule has 0 fully saturated rings. The van der Waals surface area contributed by atoms with Crippen molar-refractivity contribution in [3.05, 3.63) is 35.9 Å². The van der Waals surface area contributed by atoms with Crippen LogP contribution in [0.3, 0.4) is 0 Å². The minimum Gasteiger partial charge on any atom is -0.382 e. The molecule has 0 aliphatic rings. The van der Waals surface area contributed by atoms with Gasteiger partial charge >= 0.3 is 0 Å². The molecule has 0 saturated heterocycles. The molecule has 1 atom stereocenters. The van der Waals surface area contributed by atoms with Gasteiger partial charge in [0.15, 0.2) is 0 Å². The van der Waals surface area contributed by atoms with E-state index in [1.165, 1.54) is 5.56 Å². The van der Waals surface area contributed by atoms with Crippen LogP contribution >= 0.6 is 0 Å². The summed E-state index contributed by atoms with van der Waals surface area (Å²) < 4.78 is 11.0. The summed E-state index contributed by atoms with van der Waals surface area (Å²) in [5, 5.41) is 3.38. The van der Waals surface area contributed by atoms with Gasteiger partial charge in [-0.3, -0.25) is 0 Å². The van der Waals surface area contributed by atoms with Gasteiger partial charge in [-0.05, 0) is 32.4 Å². The van der Waals surface area contributed by atoms with E-state index < -0.39 is 0 Å². The van der Waals surface area contributed by atoms with E-state index in [0.717, 1.165) is 32.7 Å². The Morgan fingerprint density at radius 3 is 2.72 bits per heavy atom. The lowest BCUT2D eigenvalue weighted by molar-refractivity contribution is 0.0527. The Bertz CT molecular complexity index is 290. The second-order valence-corrected chi connectivity index (χ2v) is 4.36. The monoisotopic (exact) mass is 251 g/mol. The fraction of sp³-hybridized carbons (Fsp3) is 0.600. The number of hydrogen-bond donors (Lipinski definition) is 1. The van der Waals surface area contributed by atoms with Gasteiger partial charge in [-0.15, -0.1) is 0 Å². The Kier molecular flexibility index (Phi) is 8.47. The third kappa shape index (κ3) is 7.43. The molecule has 0 aliphatic heterocycles. The first kappa shape index (κ1) is 15.2. The fourth-order valence-corrected chi connectivity index (χ4v) is 1.62. The molecule has 0 aromatic heterocycles. The van der Waals surface area contributed by atoms with Gasteiger partial charge in [0.1, 0.15) is 0 Å². The Labute approximate surface area is 110 Å². The fourth-order valence-electron chi connectivity index (χ4n) is 1.62. The molecule has 0 radical (unpaired) electrons. The molecule has 0 amide bonds. The molecule has 0 bridgehead atoms. The molecule has 102 valence electrons. The van der Waals surface area contributed by atoms with Crippen molar-refractivity contribution in [1.82, 2.24) is 5.32 Å². The summed E-state index contributed by atoms with van der Waals surface area (Å²) in [4.78, 5) is 0. The van der Waals surface area contributed by atoms with Crippen LogP contribution in [0, 0.1) is 0 Å². The lowest BCUT2D eigenvalue weighted by Gasteiger charge is -2.14. The molecule has 0 heterocycles. The molecule has 1 N–H and O–H groups in total. The summed E-state index contributed by atoms with van der Waals surface area (Å²) in [6.45, 7) is 8.31. The van der Waals surface area contributed by atoms with Crippen LogP contribution in [-0.2, 0) is 16.1 Å². The van der Waals surface area contributed by atoms with Crippen LogP contribution in [-0.4, -0.2) is 32.4 Å². The maximum atomic E-state index is 5.76. The average Bonchev–Trinajstić information content (AvgIpc) is 2.41. The highest BCUT2D eigenvalue weighted by Crippen LogP contribution is 2.02. The van der Waals surface area contributed by atoms with Crippen LogP contribution in [0.5, 0.6) is 0 Å². The average molecular weight is 251 g/mol. The summed E-state index contributed by atoms with van der Waals surface area (Å²) in [5.41, 5.74) is 1.22. The van der Waals surface area contributed by atoms with Crippen molar-refractivity contribution in [2.75, 3.05) is 26.3 Å². The van der Waals surface area contributed by atoms with E-state index in [-0.39, 0.29) is 6.10 Å². The van der Waals surface area contributed by atoms with E-state index in [4.69, 9.17) is 9.47 Å². The summed E-state index contributed by atoms with van der Waals surface area (Å²) in [6.07, 6.45) is 1.29. The van der Waals surface area contributed by atoms with Gasteiger partial charge in [0.25, 0.3) is 0 Å². The molecule has 3 nitrogen and oxygen atoms in total. The first-order valence-corrected chi connectivity index (χ1v) is 6.77. The van der Waals surface area contributed by atoms with Crippen molar-refractivity contribution in [3.8, 4) is 0 Å². The molecular weight excluding hydrogens is 226 g/mol. The van der Waals surface area contributed by atoms with Crippen LogP contribution in [0.15, 0.2) is 30.3 Å². The zero-order valence-electron chi connectivity index (χ0n) is 11.5. The smallest absolute Gasteiger partial charge is 0.0721 e. The van der Waals surface area contributed by atoms with E-state index in [9.17, 15) is 0 Å². The van der Waals surface area contributed by atoms with Gasteiger partial charge in [-0.2, -0.15) is 0 Å². The first-order chi connectivity index (χ1) is 8.83. The highest BCUT2D eigenvalue weighted by molar-refractivity contribution is 5.13. The van der Waals surface area contributed by atoms with Gasteiger partial charge in [0.2, 0.25) is 0 Å². The van der Waals surface area contributed by atoms with Crippen molar-refractivity contribution in [2.45, 2.75) is 33.0 Å². The third-order valence-corrected chi connectivity index (χ3v) is 2.66. The Morgan fingerprint density at radius 1 is 1.22 bits per heavy atom. The predicted molar refractivity (Wildman–Crippen MR) is 74.7 cm³/mol. The van der Waals surface area contributed by atoms with Crippen molar-refractivity contribution in [3.63, 3.8) is 0 Å². The van der Waals surface area contributed by atoms with Crippen LogP contribution < -0.4 is 5.32 Å². The highest BCUT2D eigenvalue weighted by Gasteiger charge is 2.01. The van der Waals surface area contributed by atoms with Crippen LogP contribution in [0.4, 0.5) is 0 Å². The van der Waals surface area contributed by atoms with Crippen LogP contribution in [0.2, 0.25) is 0 Å². The molecule has 0 spiro atoms. The van der Waals surface area contributed by atoms with Gasteiger partial charge < -0.3 is 14.8 Å². The summed E-state index contributed by atoms with van der Waals surface area (Å²) in [5.74, 6) is 0. The molecule has 1 aromatic carbocycles. The Hall–Kier alpha value is -0.900.